The lowest BCUT2D eigenvalue weighted by molar-refractivity contribution is 0.801. The molecule has 3 aromatic heterocycles. The third kappa shape index (κ3) is 3.26. The lowest BCUT2D eigenvalue weighted by Gasteiger charge is -2.11. The van der Waals surface area contributed by atoms with Crippen molar-refractivity contribution in [2.75, 3.05) is 17.7 Å². The predicted octanol–water partition coefficient (Wildman–Crippen LogP) is 4.54. The number of pyridine rings is 1. The van der Waals surface area contributed by atoms with E-state index in [1.165, 1.54) is 6.20 Å². The maximum Gasteiger partial charge on any atom is 0.222 e. The number of nitriles is 1. The van der Waals surface area contributed by atoms with Crippen molar-refractivity contribution in [2.45, 2.75) is 6.92 Å². The highest BCUT2D eigenvalue weighted by Crippen LogP contribution is 2.36. The maximum absolute atomic E-state index is 9.15. The number of hydrogen-bond donors (Lipinski definition) is 2. The van der Waals surface area contributed by atoms with Gasteiger partial charge < -0.3 is 10.6 Å². The zero-order valence-electron chi connectivity index (χ0n) is 17.9. The van der Waals surface area contributed by atoms with Crippen molar-refractivity contribution in [1.29, 1.82) is 5.26 Å². The maximum atomic E-state index is 9.15. The van der Waals surface area contributed by atoms with Gasteiger partial charge in [0.2, 0.25) is 5.95 Å². The molecule has 0 amide bonds. The minimum Gasteiger partial charge on any atom is -0.357 e. The standard InChI is InChI=1S/C24H20N8/c1-14-4-6-19-22(32(3)31-23(19)29-18-8-15(10-25)11-27-13-18)21(14)16-5-7-20-17(9-16)12-28-24(26-2)30-20/h4-9,11-13H,1-3H3,(H,29,31)(H,26,28,30). The van der Waals surface area contributed by atoms with Crippen LogP contribution in [0.2, 0.25) is 0 Å². The lowest BCUT2D eigenvalue weighted by atomic mass is 9.96. The minimum absolute atomic E-state index is 0.492. The van der Waals surface area contributed by atoms with Crippen molar-refractivity contribution >= 4 is 39.3 Å². The molecule has 156 valence electrons. The van der Waals surface area contributed by atoms with Crippen molar-refractivity contribution in [3.8, 4) is 17.2 Å². The molecule has 0 saturated heterocycles. The number of aryl methyl sites for hydroxylation is 2. The Kier molecular flexibility index (Phi) is 4.64. The summed E-state index contributed by atoms with van der Waals surface area (Å²) in [6.45, 7) is 2.10. The molecule has 8 heteroatoms. The summed E-state index contributed by atoms with van der Waals surface area (Å²) < 4.78 is 1.88. The molecule has 3 heterocycles. The molecule has 5 aromatic rings. The van der Waals surface area contributed by atoms with Crippen molar-refractivity contribution in [1.82, 2.24) is 24.7 Å². The zero-order chi connectivity index (χ0) is 22.2. The molecule has 0 bridgehead atoms. The summed E-state index contributed by atoms with van der Waals surface area (Å²) in [5.74, 6) is 1.31. The first-order valence-electron chi connectivity index (χ1n) is 10.1. The molecule has 0 fully saturated rings. The highest BCUT2D eigenvalue weighted by molar-refractivity contribution is 6.03. The van der Waals surface area contributed by atoms with Crippen LogP contribution in [0.1, 0.15) is 11.1 Å². The largest absolute Gasteiger partial charge is 0.357 e. The quantitative estimate of drug-likeness (QED) is 0.440. The Balaban J connectivity index is 1.65. The summed E-state index contributed by atoms with van der Waals surface area (Å²) >= 11 is 0. The van der Waals surface area contributed by atoms with Crippen molar-refractivity contribution < 1.29 is 0 Å². The van der Waals surface area contributed by atoms with Gasteiger partial charge in [-0.2, -0.15) is 10.4 Å². The third-order valence-corrected chi connectivity index (χ3v) is 5.44. The number of rotatable bonds is 4. The Bertz CT molecular complexity index is 1530. The lowest BCUT2D eigenvalue weighted by Crippen LogP contribution is -1.97. The molecule has 0 radical (unpaired) electrons. The Hall–Kier alpha value is -4.51. The second kappa shape index (κ2) is 7.63. The van der Waals surface area contributed by atoms with E-state index in [4.69, 9.17) is 10.4 Å². The number of aromatic nitrogens is 5. The molecular formula is C24H20N8. The number of benzene rings is 2. The van der Waals surface area contributed by atoms with Gasteiger partial charge in [0.25, 0.3) is 0 Å². The minimum atomic E-state index is 0.492. The monoisotopic (exact) mass is 420 g/mol. The van der Waals surface area contributed by atoms with Gasteiger partial charge in [0.15, 0.2) is 5.82 Å². The topological polar surface area (TPSA) is 104 Å². The summed E-state index contributed by atoms with van der Waals surface area (Å²) in [5.41, 5.74) is 6.44. The second-order valence-corrected chi connectivity index (χ2v) is 7.54. The van der Waals surface area contributed by atoms with Gasteiger partial charge in [0.05, 0.1) is 28.5 Å². The summed E-state index contributed by atoms with van der Waals surface area (Å²) in [4.78, 5) is 13.0. The van der Waals surface area contributed by atoms with Crippen LogP contribution >= 0.6 is 0 Å². The summed E-state index contributed by atoms with van der Waals surface area (Å²) in [5, 5.41) is 22.1. The van der Waals surface area contributed by atoms with Gasteiger partial charge in [-0.3, -0.25) is 9.67 Å². The van der Waals surface area contributed by atoms with Crippen LogP contribution < -0.4 is 10.6 Å². The zero-order valence-corrected chi connectivity index (χ0v) is 17.9. The second-order valence-electron chi connectivity index (χ2n) is 7.54. The normalized spacial score (nSPS) is 10.9. The van der Waals surface area contributed by atoms with Gasteiger partial charge in [0, 0.05) is 42.8 Å². The number of fused-ring (bicyclic) bond motifs is 2. The Labute approximate surface area is 184 Å². The first kappa shape index (κ1) is 19.5. The molecular weight excluding hydrogens is 400 g/mol. The van der Waals surface area contributed by atoms with Crippen molar-refractivity contribution in [2.24, 2.45) is 7.05 Å². The van der Waals surface area contributed by atoms with Crippen LogP contribution in [0.5, 0.6) is 0 Å². The fourth-order valence-corrected chi connectivity index (χ4v) is 3.95. The fraction of sp³-hybridized carbons (Fsp3) is 0.125. The van der Waals surface area contributed by atoms with Gasteiger partial charge in [-0.1, -0.05) is 12.1 Å². The fourth-order valence-electron chi connectivity index (χ4n) is 3.95. The van der Waals surface area contributed by atoms with Gasteiger partial charge in [0.1, 0.15) is 6.07 Å². The van der Waals surface area contributed by atoms with Crippen molar-refractivity contribution in [3.05, 3.63) is 66.1 Å². The summed E-state index contributed by atoms with van der Waals surface area (Å²) in [7, 11) is 3.74. The smallest absolute Gasteiger partial charge is 0.222 e. The van der Waals surface area contributed by atoms with Crippen LogP contribution in [-0.2, 0) is 7.05 Å². The number of nitrogens with one attached hydrogen (secondary N) is 2. The molecule has 0 atom stereocenters. The van der Waals surface area contributed by atoms with Crippen LogP contribution in [0, 0.1) is 18.3 Å². The van der Waals surface area contributed by atoms with Crippen LogP contribution in [0.3, 0.4) is 0 Å². The molecule has 2 aromatic carbocycles. The first-order chi connectivity index (χ1) is 15.6. The van der Waals surface area contributed by atoms with Crippen LogP contribution in [0.25, 0.3) is 32.9 Å². The summed E-state index contributed by atoms with van der Waals surface area (Å²) in [6.07, 6.45) is 5.05. The summed E-state index contributed by atoms with van der Waals surface area (Å²) in [6, 6.07) is 14.2. The van der Waals surface area contributed by atoms with E-state index in [-0.39, 0.29) is 0 Å². The van der Waals surface area contributed by atoms with E-state index < -0.39 is 0 Å². The van der Waals surface area contributed by atoms with Crippen LogP contribution in [0.4, 0.5) is 17.5 Å². The first-order valence-corrected chi connectivity index (χ1v) is 10.1. The molecule has 5 rings (SSSR count). The van der Waals surface area contributed by atoms with Crippen molar-refractivity contribution in [3.63, 3.8) is 0 Å². The molecule has 8 nitrogen and oxygen atoms in total. The van der Waals surface area contributed by atoms with E-state index >= 15 is 0 Å². The molecule has 32 heavy (non-hydrogen) atoms. The average Bonchev–Trinajstić information content (AvgIpc) is 3.13. The molecule has 0 aliphatic heterocycles. The Morgan fingerprint density at radius 2 is 1.94 bits per heavy atom. The van der Waals surface area contributed by atoms with Crippen LogP contribution in [-0.4, -0.2) is 31.8 Å². The molecule has 0 saturated carbocycles. The Morgan fingerprint density at radius 3 is 2.75 bits per heavy atom. The highest BCUT2D eigenvalue weighted by atomic mass is 15.3. The van der Waals surface area contributed by atoms with E-state index in [9.17, 15) is 0 Å². The van der Waals surface area contributed by atoms with Gasteiger partial charge in [-0.25, -0.2) is 9.97 Å². The third-order valence-electron chi connectivity index (χ3n) is 5.44. The van der Waals surface area contributed by atoms with E-state index in [0.29, 0.717) is 17.3 Å². The van der Waals surface area contributed by atoms with Gasteiger partial charge in [-0.15, -0.1) is 0 Å². The number of anilines is 3. The van der Waals surface area contributed by atoms with Gasteiger partial charge >= 0.3 is 0 Å². The highest BCUT2D eigenvalue weighted by Gasteiger charge is 2.17. The number of hydrogen-bond acceptors (Lipinski definition) is 7. The molecule has 0 aliphatic carbocycles. The molecule has 2 N–H and O–H groups in total. The van der Waals surface area contributed by atoms with Crippen LogP contribution in [0.15, 0.2) is 55.0 Å². The Morgan fingerprint density at radius 1 is 1.06 bits per heavy atom. The SMILES string of the molecule is CNc1ncc2cc(-c3c(C)ccc4c(Nc5cncc(C#N)c5)nn(C)c34)ccc2n1. The van der Waals surface area contributed by atoms with E-state index in [1.807, 2.05) is 24.0 Å². The number of nitrogens with zero attached hydrogens (tertiary/aromatic N) is 6. The molecule has 0 spiro atoms. The van der Waals surface area contributed by atoms with E-state index in [0.717, 1.165) is 44.2 Å². The molecule has 0 aliphatic rings. The predicted molar refractivity (Wildman–Crippen MR) is 126 cm³/mol. The average molecular weight is 420 g/mol. The van der Waals surface area contributed by atoms with Gasteiger partial charge in [-0.05, 0) is 42.3 Å². The molecule has 0 unspecified atom stereocenters. The van der Waals surface area contributed by atoms with E-state index in [1.54, 1.807) is 19.3 Å². The van der Waals surface area contributed by atoms with E-state index in [2.05, 4.69) is 62.8 Å².